The lowest BCUT2D eigenvalue weighted by molar-refractivity contribution is 0.248. The highest BCUT2D eigenvalue weighted by molar-refractivity contribution is 6.00. The molecule has 1 aliphatic heterocycles. The van der Waals surface area contributed by atoms with Gasteiger partial charge in [-0.3, -0.25) is 4.79 Å². The van der Waals surface area contributed by atoms with Crippen molar-refractivity contribution in [2.75, 3.05) is 18.1 Å². The summed E-state index contributed by atoms with van der Waals surface area (Å²) in [6, 6.07) is 1.68. The first-order chi connectivity index (χ1) is 9.47. The molecule has 1 aromatic carbocycles. The molecule has 0 fully saturated rings. The number of hydrogen-bond donors (Lipinski definition) is 2. The van der Waals surface area contributed by atoms with E-state index in [1.54, 1.807) is 10.6 Å². The number of hydrogen-bond acceptors (Lipinski definition) is 5. The zero-order valence-corrected chi connectivity index (χ0v) is 10.6. The van der Waals surface area contributed by atoms with Crippen molar-refractivity contribution < 1.29 is 9.13 Å². The minimum Gasteiger partial charge on any atom is -0.487 e. The Labute approximate surface area is 113 Å². The van der Waals surface area contributed by atoms with Gasteiger partial charge in [0.15, 0.2) is 11.6 Å². The topological polar surface area (TPSA) is 107 Å². The van der Waals surface area contributed by atoms with Crippen LogP contribution in [0.2, 0.25) is 0 Å². The number of aromatic nitrogens is 1. The van der Waals surface area contributed by atoms with Crippen molar-refractivity contribution in [3.63, 3.8) is 0 Å². The molecular formula is C13H11FN4O2. The molecule has 3 rings (SSSR count). The van der Waals surface area contributed by atoms with Gasteiger partial charge in [0.05, 0.1) is 22.6 Å². The summed E-state index contributed by atoms with van der Waals surface area (Å²) < 4.78 is 21.1. The summed E-state index contributed by atoms with van der Waals surface area (Å²) in [5, 5.41) is 8.97. The number of nitriles is 1. The third-order valence-electron chi connectivity index (χ3n) is 3.50. The van der Waals surface area contributed by atoms with Crippen LogP contribution in [0.4, 0.5) is 15.8 Å². The normalized spacial score (nSPS) is 16.8. The average molecular weight is 274 g/mol. The van der Waals surface area contributed by atoms with Crippen LogP contribution in [-0.4, -0.2) is 11.2 Å². The molecule has 2 heterocycles. The molecule has 4 N–H and O–H groups in total. The molecular weight excluding hydrogens is 263 g/mol. The van der Waals surface area contributed by atoms with Gasteiger partial charge in [0.1, 0.15) is 23.9 Å². The predicted octanol–water partition coefficient (Wildman–Crippen LogP) is 1.13. The standard InChI is InChI=1S/C13H11FN4O2/c1-5-4-20-13-10(17)8(14)9(16)7-11(13)18(5)3-6(2-15)12(7)19/h3,5H,4,16-17H2,1H3. The monoisotopic (exact) mass is 274 g/mol. The Bertz CT molecular complexity index is 851. The number of nitrogens with zero attached hydrogens (tertiary/aromatic N) is 2. The average Bonchev–Trinajstić information content (AvgIpc) is 2.44. The second-order valence-corrected chi connectivity index (χ2v) is 4.75. The van der Waals surface area contributed by atoms with Gasteiger partial charge < -0.3 is 20.8 Å². The van der Waals surface area contributed by atoms with Crippen molar-refractivity contribution in [3.8, 4) is 11.8 Å². The zero-order chi connectivity index (χ0) is 14.6. The Morgan fingerprint density at radius 3 is 2.85 bits per heavy atom. The molecule has 0 spiro atoms. The van der Waals surface area contributed by atoms with Crippen LogP contribution in [0.1, 0.15) is 18.5 Å². The number of anilines is 2. The van der Waals surface area contributed by atoms with Gasteiger partial charge in [-0.15, -0.1) is 0 Å². The summed E-state index contributed by atoms with van der Waals surface area (Å²) in [7, 11) is 0. The van der Waals surface area contributed by atoms with Gasteiger partial charge in [-0.1, -0.05) is 0 Å². The predicted molar refractivity (Wildman–Crippen MR) is 71.9 cm³/mol. The van der Waals surface area contributed by atoms with Gasteiger partial charge in [-0.05, 0) is 6.92 Å². The Morgan fingerprint density at radius 2 is 2.20 bits per heavy atom. The summed E-state index contributed by atoms with van der Waals surface area (Å²) in [4.78, 5) is 12.2. The lowest BCUT2D eigenvalue weighted by Crippen LogP contribution is -2.26. The molecule has 1 aliphatic rings. The van der Waals surface area contributed by atoms with Crippen molar-refractivity contribution in [1.29, 1.82) is 5.26 Å². The van der Waals surface area contributed by atoms with Crippen LogP contribution in [0, 0.1) is 17.1 Å². The molecule has 1 aromatic heterocycles. The van der Waals surface area contributed by atoms with E-state index in [4.69, 9.17) is 21.5 Å². The molecule has 0 saturated heterocycles. The van der Waals surface area contributed by atoms with Crippen molar-refractivity contribution in [2.24, 2.45) is 0 Å². The molecule has 1 unspecified atom stereocenters. The van der Waals surface area contributed by atoms with Crippen LogP contribution in [0.25, 0.3) is 10.9 Å². The summed E-state index contributed by atoms with van der Waals surface area (Å²) in [5.41, 5.74) is 10.4. The number of halogens is 1. The molecule has 0 radical (unpaired) electrons. The molecule has 102 valence electrons. The summed E-state index contributed by atoms with van der Waals surface area (Å²) in [6.45, 7) is 2.12. The van der Waals surface area contributed by atoms with Crippen molar-refractivity contribution in [3.05, 3.63) is 27.8 Å². The minimum atomic E-state index is -0.888. The number of pyridine rings is 1. The number of nitrogen functional groups attached to an aromatic ring is 2. The maximum Gasteiger partial charge on any atom is 0.209 e. The Hall–Kier alpha value is -2.75. The smallest absolute Gasteiger partial charge is 0.209 e. The van der Waals surface area contributed by atoms with E-state index in [0.717, 1.165) is 0 Å². The van der Waals surface area contributed by atoms with E-state index in [2.05, 4.69) is 0 Å². The van der Waals surface area contributed by atoms with Crippen molar-refractivity contribution >= 4 is 22.3 Å². The van der Waals surface area contributed by atoms with Gasteiger partial charge in [-0.25, -0.2) is 4.39 Å². The first-order valence-corrected chi connectivity index (χ1v) is 5.95. The molecule has 0 aliphatic carbocycles. The van der Waals surface area contributed by atoms with E-state index in [1.807, 2.05) is 6.92 Å². The van der Waals surface area contributed by atoms with Crippen LogP contribution < -0.4 is 21.6 Å². The van der Waals surface area contributed by atoms with Crippen molar-refractivity contribution in [1.82, 2.24) is 4.57 Å². The third-order valence-corrected chi connectivity index (χ3v) is 3.50. The fourth-order valence-corrected chi connectivity index (χ4v) is 2.45. The summed E-state index contributed by atoms with van der Waals surface area (Å²) in [6.07, 6.45) is 1.43. The minimum absolute atomic E-state index is 0.0581. The van der Waals surface area contributed by atoms with Gasteiger partial charge in [-0.2, -0.15) is 5.26 Å². The lowest BCUT2D eigenvalue weighted by Gasteiger charge is -2.28. The summed E-state index contributed by atoms with van der Waals surface area (Å²) >= 11 is 0. The second-order valence-electron chi connectivity index (χ2n) is 4.75. The van der Waals surface area contributed by atoms with Crippen LogP contribution in [0.3, 0.4) is 0 Å². The highest BCUT2D eigenvalue weighted by Crippen LogP contribution is 2.41. The van der Waals surface area contributed by atoms with Gasteiger partial charge in [0.25, 0.3) is 0 Å². The third kappa shape index (κ3) is 1.33. The fraction of sp³-hybridized carbons (Fsp3) is 0.231. The lowest BCUT2D eigenvalue weighted by atomic mass is 10.0. The molecule has 0 bridgehead atoms. The van der Waals surface area contributed by atoms with E-state index in [1.165, 1.54) is 6.20 Å². The molecule has 6 nitrogen and oxygen atoms in total. The maximum atomic E-state index is 14.0. The second kappa shape index (κ2) is 3.87. The van der Waals surface area contributed by atoms with E-state index >= 15 is 0 Å². The molecule has 1 atom stereocenters. The molecule has 20 heavy (non-hydrogen) atoms. The number of rotatable bonds is 0. The van der Waals surface area contributed by atoms with Crippen LogP contribution in [0.15, 0.2) is 11.0 Å². The summed E-state index contributed by atoms with van der Waals surface area (Å²) in [5.74, 6) is -0.785. The van der Waals surface area contributed by atoms with Gasteiger partial charge in [0, 0.05) is 6.20 Å². The maximum absolute atomic E-state index is 14.0. The first-order valence-electron chi connectivity index (χ1n) is 5.95. The fourth-order valence-electron chi connectivity index (χ4n) is 2.45. The van der Waals surface area contributed by atoms with Crippen LogP contribution >= 0.6 is 0 Å². The van der Waals surface area contributed by atoms with E-state index in [-0.39, 0.29) is 40.7 Å². The Balaban J connectivity index is 2.67. The quantitative estimate of drug-likeness (QED) is 0.700. The Morgan fingerprint density at radius 1 is 1.50 bits per heavy atom. The molecule has 0 amide bonds. The number of benzene rings is 1. The van der Waals surface area contributed by atoms with Crippen molar-refractivity contribution in [2.45, 2.75) is 13.0 Å². The van der Waals surface area contributed by atoms with Crippen LogP contribution in [-0.2, 0) is 0 Å². The SMILES string of the molecule is CC1COc2c(N)c(F)c(N)c3c(=O)c(C#N)cn1c23. The number of nitrogens with two attached hydrogens (primary N) is 2. The van der Waals surface area contributed by atoms with E-state index in [9.17, 15) is 9.18 Å². The van der Waals surface area contributed by atoms with E-state index < -0.39 is 11.2 Å². The van der Waals surface area contributed by atoms with Gasteiger partial charge in [0.2, 0.25) is 5.43 Å². The molecule has 0 saturated carbocycles. The van der Waals surface area contributed by atoms with Crippen LogP contribution in [0.5, 0.6) is 5.75 Å². The highest BCUT2D eigenvalue weighted by Gasteiger charge is 2.28. The first kappa shape index (κ1) is 12.3. The molecule has 7 heteroatoms. The van der Waals surface area contributed by atoms with Gasteiger partial charge >= 0.3 is 0 Å². The number of ether oxygens (including phenoxy) is 1. The van der Waals surface area contributed by atoms with E-state index in [0.29, 0.717) is 5.52 Å². The largest absolute Gasteiger partial charge is 0.487 e. The zero-order valence-electron chi connectivity index (χ0n) is 10.6. The Kier molecular flexibility index (Phi) is 2.38. The highest BCUT2D eigenvalue weighted by atomic mass is 19.1. The molecule has 2 aromatic rings.